The standard InChI is InChI=1S/C26H29ClN4O/c1-18-24-19(2)31(22-12-14-23(15-13-22)32-17-27)20(3)25(24)26(30-29-18)28-16-8-7-11-21-9-5-4-6-10-21/h4-6,9-10,12-15H,7-8,11,16-17H2,1-3H3,(H,28,30). The van der Waals surface area contributed by atoms with Gasteiger partial charge < -0.3 is 14.6 Å². The fraction of sp³-hybridized carbons (Fsp3) is 0.308. The van der Waals surface area contributed by atoms with Gasteiger partial charge >= 0.3 is 0 Å². The van der Waals surface area contributed by atoms with Gasteiger partial charge in [0.05, 0.1) is 5.69 Å². The molecule has 0 fully saturated rings. The largest absolute Gasteiger partial charge is 0.478 e. The Balaban J connectivity index is 1.55. The van der Waals surface area contributed by atoms with Crippen LogP contribution in [0.15, 0.2) is 54.6 Å². The molecular weight excluding hydrogens is 420 g/mol. The maximum absolute atomic E-state index is 5.68. The van der Waals surface area contributed by atoms with Crippen LogP contribution in [0.5, 0.6) is 5.75 Å². The van der Waals surface area contributed by atoms with Crippen LogP contribution in [0, 0.1) is 20.8 Å². The summed E-state index contributed by atoms with van der Waals surface area (Å²) in [6.07, 6.45) is 3.30. The highest BCUT2D eigenvalue weighted by Crippen LogP contribution is 2.34. The number of nitrogens with zero attached hydrogens (tertiary/aromatic N) is 3. The van der Waals surface area contributed by atoms with E-state index >= 15 is 0 Å². The van der Waals surface area contributed by atoms with E-state index in [4.69, 9.17) is 16.3 Å². The number of hydrogen-bond donors (Lipinski definition) is 1. The summed E-state index contributed by atoms with van der Waals surface area (Å²) in [4.78, 5) is 0. The topological polar surface area (TPSA) is 52.0 Å². The van der Waals surface area contributed by atoms with Gasteiger partial charge in [0.15, 0.2) is 11.9 Å². The Morgan fingerprint density at radius 1 is 0.875 bits per heavy atom. The van der Waals surface area contributed by atoms with E-state index in [1.54, 1.807) is 0 Å². The van der Waals surface area contributed by atoms with Crippen molar-refractivity contribution in [3.8, 4) is 11.4 Å². The molecule has 32 heavy (non-hydrogen) atoms. The number of aryl methyl sites for hydroxylation is 4. The second kappa shape index (κ2) is 10.0. The van der Waals surface area contributed by atoms with Crippen LogP contribution in [0.2, 0.25) is 0 Å². The average molecular weight is 449 g/mol. The SMILES string of the molecule is Cc1nnc(NCCCCc2ccccc2)c2c(C)n(-c3ccc(OCCl)cc3)c(C)c12. The van der Waals surface area contributed by atoms with Crippen molar-refractivity contribution in [3.05, 3.63) is 77.2 Å². The Morgan fingerprint density at radius 2 is 1.59 bits per heavy atom. The van der Waals surface area contributed by atoms with E-state index in [2.05, 4.69) is 64.3 Å². The van der Waals surface area contributed by atoms with Gasteiger partial charge in [-0.15, -0.1) is 5.10 Å². The normalized spacial score (nSPS) is 11.1. The summed E-state index contributed by atoms with van der Waals surface area (Å²) in [5.41, 5.74) is 5.70. The molecule has 2 heterocycles. The number of fused-ring (bicyclic) bond motifs is 1. The monoisotopic (exact) mass is 448 g/mol. The van der Waals surface area contributed by atoms with E-state index in [9.17, 15) is 0 Å². The zero-order chi connectivity index (χ0) is 22.5. The van der Waals surface area contributed by atoms with Crippen molar-refractivity contribution in [1.82, 2.24) is 14.8 Å². The lowest BCUT2D eigenvalue weighted by atomic mass is 10.1. The molecule has 0 bridgehead atoms. The van der Waals surface area contributed by atoms with Crippen molar-refractivity contribution in [3.63, 3.8) is 0 Å². The quantitative estimate of drug-likeness (QED) is 0.239. The summed E-state index contributed by atoms with van der Waals surface area (Å²) in [6, 6.07) is 18.7. The lowest BCUT2D eigenvalue weighted by Gasteiger charge is -2.11. The highest BCUT2D eigenvalue weighted by Gasteiger charge is 2.19. The van der Waals surface area contributed by atoms with E-state index < -0.39 is 0 Å². The molecule has 0 atom stereocenters. The number of halogens is 1. The fourth-order valence-corrected chi connectivity index (χ4v) is 4.49. The number of hydrogen-bond acceptors (Lipinski definition) is 4. The Bertz CT molecular complexity index is 1190. The van der Waals surface area contributed by atoms with E-state index in [0.717, 1.165) is 70.9 Å². The smallest absolute Gasteiger partial charge is 0.162 e. The number of alkyl halides is 1. The molecule has 0 saturated heterocycles. The van der Waals surface area contributed by atoms with Gasteiger partial charge in [-0.05, 0) is 69.9 Å². The molecule has 0 aliphatic rings. The summed E-state index contributed by atoms with van der Waals surface area (Å²) in [6.45, 7) is 7.16. The number of anilines is 1. The van der Waals surface area contributed by atoms with Crippen LogP contribution >= 0.6 is 11.6 Å². The van der Waals surface area contributed by atoms with Crippen molar-refractivity contribution in [2.24, 2.45) is 0 Å². The van der Waals surface area contributed by atoms with Gasteiger partial charge in [0.2, 0.25) is 0 Å². The first-order valence-corrected chi connectivity index (χ1v) is 11.6. The number of unbranched alkanes of at least 4 members (excludes halogenated alkanes) is 1. The minimum absolute atomic E-state index is 0.141. The third-order valence-corrected chi connectivity index (χ3v) is 6.00. The van der Waals surface area contributed by atoms with Crippen molar-refractivity contribution in [2.75, 3.05) is 17.9 Å². The molecule has 0 amide bonds. The lowest BCUT2D eigenvalue weighted by molar-refractivity contribution is 0.388. The number of aromatic nitrogens is 3. The zero-order valence-electron chi connectivity index (χ0n) is 18.9. The molecule has 4 aromatic rings. The molecule has 0 saturated carbocycles. The highest BCUT2D eigenvalue weighted by atomic mass is 35.5. The van der Waals surface area contributed by atoms with E-state index in [1.807, 2.05) is 31.2 Å². The molecule has 1 N–H and O–H groups in total. The molecule has 2 aromatic heterocycles. The Labute approximate surface area is 194 Å². The van der Waals surface area contributed by atoms with Crippen LogP contribution in [0.4, 0.5) is 5.82 Å². The predicted molar refractivity (Wildman–Crippen MR) is 132 cm³/mol. The second-order valence-corrected chi connectivity index (χ2v) is 8.23. The first kappa shape index (κ1) is 22.2. The minimum atomic E-state index is 0.141. The summed E-state index contributed by atoms with van der Waals surface area (Å²) in [5.74, 6) is 1.61. The third kappa shape index (κ3) is 4.58. The predicted octanol–water partition coefficient (Wildman–Crippen LogP) is 6.36. The van der Waals surface area contributed by atoms with Gasteiger partial charge in [-0.2, -0.15) is 5.10 Å². The third-order valence-electron chi connectivity index (χ3n) is 5.89. The molecule has 2 aromatic carbocycles. The van der Waals surface area contributed by atoms with Crippen LogP contribution in [0.3, 0.4) is 0 Å². The highest BCUT2D eigenvalue weighted by molar-refractivity contribution is 6.17. The summed E-state index contributed by atoms with van der Waals surface area (Å²) in [5, 5.41) is 14.8. The zero-order valence-corrected chi connectivity index (χ0v) is 19.6. The van der Waals surface area contributed by atoms with Gasteiger partial charge in [0.25, 0.3) is 0 Å². The number of nitrogens with one attached hydrogen (secondary N) is 1. The van der Waals surface area contributed by atoms with Crippen LogP contribution in [-0.2, 0) is 6.42 Å². The Kier molecular flexibility index (Phi) is 6.96. The molecule has 0 radical (unpaired) electrons. The second-order valence-electron chi connectivity index (χ2n) is 8.01. The van der Waals surface area contributed by atoms with Gasteiger partial charge in [-0.25, -0.2) is 0 Å². The van der Waals surface area contributed by atoms with Gasteiger partial charge in [-0.3, -0.25) is 0 Å². The molecule has 4 rings (SSSR count). The maximum atomic E-state index is 5.68. The Morgan fingerprint density at radius 3 is 2.31 bits per heavy atom. The summed E-state index contributed by atoms with van der Waals surface area (Å²) < 4.78 is 7.63. The van der Waals surface area contributed by atoms with Crippen molar-refractivity contribution < 1.29 is 4.74 Å². The summed E-state index contributed by atoms with van der Waals surface area (Å²) >= 11 is 5.68. The summed E-state index contributed by atoms with van der Waals surface area (Å²) in [7, 11) is 0. The molecule has 0 unspecified atom stereocenters. The number of benzene rings is 2. The van der Waals surface area contributed by atoms with Crippen molar-refractivity contribution >= 4 is 28.2 Å². The number of rotatable bonds is 9. The van der Waals surface area contributed by atoms with Crippen LogP contribution < -0.4 is 10.1 Å². The van der Waals surface area contributed by atoms with Gasteiger partial charge in [-0.1, -0.05) is 41.9 Å². The van der Waals surface area contributed by atoms with Gasteiger partial charge in [0, 0.05) is 34.4 Å². The first-order chi connectivity index (χ1) is 15.6. The fourth-order valence-electron chi connectivity index (χ4n) is 4.37. The van der Waals surface area contributed by atoms with Crippen LogP contribution in [0.25, 0.3) is 16.5 Å². The average Bonchev–Trinajstić information content (AvgIpc) is 3.08. The maximum Gasteiger partial charge on any atom is 0.162 e. The van der Waals surface area contributed by atoms with Gasteiger partial charge in [0.1, 0.15) is 5.75 Å². The molecule has 0 aliphatic heterocycles. The van der Waals surface area contributed by atoms with E-state index in [-0.39, 0.29) is 6.07 Å². The van der Waals surface area contributed by atoms with Crippen LogP contribution in [0.1, 0.15) is 35.5 Å². The van der Waals surface area contributed by atoms with Crippen LogP contribution in [-0.4, -0.2) is 27.4 Å². The molecule has 0 aliphatic carbocycles. The molecule has 6 heteroatoms. The van der Waals surface area contributed by atoms with Crippen molar-refractivity contribution in [2.45, 2.75) is 40.0 Å². The number of ether oxygens (including phenoxy) is 1. The van der Waals surface area contributed by atoms with Crippen molar-refractivity contribution in [1.29, 1.82) is 0 Å². The Hall–Kier alpha value is -3.05. The minimum Gasteiger partial charge on any atom is -0.478 e. The molecule has 166 valence electrons. The molecular formula is C26H29ClN4O. The van der Waals surface area contributed by atoms with E-state index in [1.165, 1.54) is 5.56 Å². The molecule has 0 spiro atoms. The molecule has 5 nitrogen and oxygen atoms in total. The lowest BCUT2D eigenvalue weighted by Crippen LogP contribution is -2.06. The van der Waals surface area contributed by atoms with E-state index in [0.29, 0.717) is 0 Å². The first-order valence-electron chi connectivity index (χ1n) is 11.0.